The van der Waals surface area contributed by atoms with Crippen LogP contribution in [0.15, 0.2) is 48.7 Å². The molecule has 4 aromatic rings. The molecule has 0 aliphatic heterocycles. The molecule has 0 saturated heterocycles. The lowest BCUT2D eigenvalue weighted by Crippen LogP contribution is -1.92. The fraction of sp³-hybridized carbons (Fsp3) is 0.273. The average molecular weight is 332 g/mol. The van der Waals surface area contributed by atoms with Crippen molar-refractivity contribution < 1.29 is 5.11 Å². The standard InChI is InChI=1S/C22H24N2O/c1-5-14(2)16-6-7-17-13-24(22(25)20(17)12-16)19-8-9-21-18(11-19)10-15(3)23(21)4/h6-14,25H,5H2,1-4H3. The van der Waals surface area contributed by atoms with Crippen LogP contribution in [0, 0.1) is 6.92 Å². The maximum absolute atomic E-state index is 10.8. The molecule has 1 atom stereocenters. The van der Waals surface area contributed by atoms with E-state index in [2.05, 4.69) is 74.9 Å². The zero-order valence-corrected chi connectivity index (χ0v) is 15.2. The summed E-state index contributed by atoms with van der Waals surface area (Å²) in [6.45, 7) is 6.52. The van der Waals surface area contributed by atoms with Gasteiger partial charge in [-0.15, -0.1) is 0 Å². The zero-order valence-electron chi connectivity index (χ0n) is 15.2. The molecule has 4 rings (SSSR count). The van der Waals surface area contributed by atoms with Crippen LogP contribution in [-0.2, 0) is 7.05 Å². The van der Waals surface area contributed by atoms with Crippen LogP contribution in [-0.4, -0.2) is 14.2 Å². The summed E-state index contributed by atoms with van der Waals surface area (Å²) in [5, 5.41) is 14.0. The first-order valence-electron chi connectivity index (χ1n) is 8.90. The van der Waals surface area contributed by atoms with E-state index < -0.39 is 0 Å². The van der Waals surface area contributed by atoms with Gasteiger partial charge in [-0.2, -0.15) is 0 Å². The molecule has 2 aromatic heterocycles. The van der Waals surface area contributed by atoms with Crippen molar-refractivity contribution in [1.82, 2.24) is 9.13 Å². The molecule has 2 heterocycles. The second-order valence-corrected chi connectivity index (χ2v) is 7.07. The SMILES string of the molecule is CCC(C)c1ccc2cn(-c3ccc4c(c3)cc(C)n4C)c(O)c2c1. The van der Waals surface area contributed by atoms with Crippen molar-refractivity contribution in [2.45, 2.75) is 33.1 Å². The first-order chi connectivity index (χ1) is 12.0. The van der Waals surface area contributed by atoms with Crippen LogP contribution < -0.4 is 0 Å². The second kappa shape index (κ2) is 5.69. The molecular formula is C22H24N2O. The molecule has 3 nitrogen and oxygen atoms in total. The van der Waals surface area contributed by atoms with Gasteiger partial charge in [0.2, 0.25) is 5.88 Å². The van der Waals surface area contributed by atoms with Crippen LogP contribution in [0.5, 0.6) is 5.88 Å². The van der Waals surface area contributed by atoms with Crippen molar-refractivity contribution in [2.24, 2.45) is 7.05 Å². The van der Waals surface area contributed by atoms with E-state index in [1.807, 2.05) is 10.8 Å². The van der Waals surface area contributed by atoms with E-state index in [-0.39, 0.29) is 0 Å². The fourth-order valence-electron chi connectivity index (χ4n) is 3.57. The summed E-state index contributed by atoms with van der Waals surface area (Å²) in [6, 6.07) is 14.9. The Hall–Kier alpha value is -2.68. The van der Waals surface area contributed by atoms with Gasteiger partial charge in [0.05, 0.1) is 0 Å². The van der Waals surface area contributed by atoms with Crippen LogP contribution >= 0.6 is 0 Å². The molecule has 25 heavy (non-hydrogen) atoms. The lowest BCUT2D eigenvalue weighted by Gasteiger charge is -2.08. The maximum Gasteiger partial charge on any atom is 0.203 e. The van der Waals surface area contributed by atoms with Crippen LogP contribution in [0.4, 0.5) is 0 Å². The monoisotopic (exact) mass is 332 g/mol. The van der Waals surface area contributed by atoms with Gasteiger partial charge in [-0.1, -0.05) is 26.0 Å². The quantitative estimate of drug-likeness (QED) is 0.516. The number of aromatic nitrogens is 2. The van der Waals surface area contributed by atoms with Crippen molar-refractivity contribution in [3.63, 3.8) is 0 Å². The third-order valence-electron chi connectivity index (χ3n) is 5.54. The minimum Gasteiger partial charge on any atom is -0.494 e. The summed E-state index contributed by atoms with van der Waals surface area (Å²) in [5.41, 5.74) is 4.69. The normalized spacial score (nSPS) is 13.0. The van der Waals surface area contributed by atoms with E-state index in [0.29, 0.717) is 11.8 Å². The smallest absolute Gasteiger partial charge is 0.203 e. The molecule has 3 heteroatoms. The van der Waals surface area contributed by atoms with Crippen LogP contribution in [0.25, 0.3) is 27.4 Å². The Morgan fingerprint density at radius 1 is 1.04 bits per heavy atom. The molecule has 2 aromatic carbocycles. The molecule has 0 amide bonds. The molecule has 0 spiro atoms. The maximum atomic E-state index is 10.8. The van der Waals surface area contributed by atoms with Gasteiger partial charge in [-0.25, -0.2) is 0 Å². The van der Waals surface area contributed by atoms with E-state index in [9.17, 15) is 5.11 Å². The van der Waals surface area contributed by atoms with Crippen molar-refractivity contribution in [3.05, 3.63) is 59.9 Å². The zero-order chi connectivity index (χ0) is 17.7. The molecular weight excluding hydrogens is 308 g/mol. The van der Waals surface area contributed by atoms with Crippen LogP contribution in [0.1, 0.15) is 37.4 Å². The molecule has 0 fully saturated rings. The fourth-order valence-corrected chi connectivity index (χ4v) is 3.57. The highest BCUT2D eigenvalue weighted by atomic mass is 16.3. The van der Waals surface area contributed by atoms with Gasteiger partial charge in [0.15, 0.2) is 0 Å². The summed E-state index contributed by atoms with van der Waals surface area (Å²) in [4.78, 5) is 0. The number of aryl methyl sites for hydroxylation is 2. The van der Waals surface area contributed by atoms with Crippen molar-refractivity contribution in [3.8, 4) is 11.6 Å². The van der Waals surface area contributed by atoms with E-state index in [1.54, 1.807) is 0 Å². The summed E-state index contributed by atoms with van der Waals surface area (Å²) < 4.78 is 4.07. The lowest BCUT2D eigenvalue weighted by molar-refractivity contribution is 0.448. The first kappa shape index (κ1) is 15.8. The topological polar surface area (TPSA) is 30.1 Å². The van der Waals surface area contributed by atoms with Gasteiger partial charge in [0, 0.05) is 46.3 Å². The molecule has 0 radical (unpaired) electrons. The first-order valence-corrected chi connectivity index (χ1v) is 8.90. The number of nitrogens with zero attached hydrogens (tertiary/aromatic N) is 2. The van der Waals surface area contributed by atoms with Crippen molar-refractivity contribution >= 4 is 21.7 Å². The minimum absolute atomic E-state index is 0.312. The molecule has 0 saturated carbocycles. The molecule has 1 unspecified atom stereocenters. The summed E-state index contributed by atoms with van der Waals surface area (Å²) in [6.07, 6.45) is 3.11. The Labute approximate surface area is 148 Å². The summed E-state index contributed by atoms with van der Waals surface area (Å²) in [7, 11) is 2.08. The Morgan fingerprint density at radius 3 is 2.60 bits per heavy atom. The van der Waals surface area contributed by atoms with Gasteiger partial charge >= 0.3 is 0 Å². The molecule has 0 aliphatic carbocycles. The number of fused-ring (bicyclic) bond motifs is 2. The second-order valence-electron chi connectivity index (χ2n) is 7.07. The van der Waals surface area contributed by atoms with Gasteiger partial charge in [-0.05, 0) is 55.2 Å². The number of hydrogen-bond donors (Lipinski definition) is 1. The number of rotatable bonds is 3. The number of aromatic hydroxyl groups is 1. The highest BCUT2D eigenvalue weighted by Crippen LogP contribution is 2.34. The van der Waals surface area contributed by atoms with Gasteiger partial charge in [0.1, 0.15) is 0 Å². The Bertz CT molecular complexity index is 1080. The molecule has 0 bridgehead atoms. The summed E-state index contributed by atoms with van der Waals surface area (Å²) in [5.74, 6) is 0.808. The third-order valence-corrected chi connectivity index (χ3v) is 5.54. The van der Waals surface area contributed by atoms with E-state index in [1.165, 1.54) is 22.2 Å². The predicted molar refractivity (Wildman–Crippen MR) is 105 cm³/mol. The number of benzene rings is 2. The average Bonchev–Trinajstić information content (AvgIpc) is 3.10. The van der Waals surface area contributed by atoms with E-state index in [0.717, 1.165) is 22.9 Å². The third kappa shape index (κ3) is 2.42. The minimum atomic E-state index is 0.312. The van der Waals surface area contributed by atoms with Gasteiger partial charge in [-0.3, -0.25) is 4.57 Å². The Morgan fingerprint density at radius 2 is 1.84 bits per heavy atom. The lowest BCUT2D eigenvalue weighted by atomic mass is 9.97. The van der Waals surface area contributed by atoms with Crippen molar-refractivity contribution in [2.75, 3.05) is 0 Å². The van der Waals surface area contributed by atoms with Crippen LogP contribution in [0.2, 0.25) is 0 Å². The molecule has 0 aliphatic rings. The molecule has 128 valence electrons. The van der Waals surface area contributed by atoms with E-state index in [4.69, 9.17) is 0 Å². The Balaban J connectivity index is 1.87. The summed E-state index contributed by atoms with van der Waals surface area (Å²) >= 11 is 0. The van der Waals surface area contributed by atoms with E-state index >= 15 is 0 Å². The largest absolute Gasteiger partial charge is 0.494 e. The number of hydrogen-bond acceptors (Lipinski definition) is 1. The van der Waals surface area contributed by atoms with Gasteiger partial charge < -0.3 is 9.67 Å². The predicted octanol–water partition coefficient (Wildman–Crippen LogP) is 5.65. The highest BCUT2D eigenvalue weighted by Gasteiger charge is 2.13. The molecule has 1 N–H and O–H groups in total. The van der Waals surface area contributed by atoms with Gasteiger partial charge in [0.25, 0.3) is 0 Å². The van der Waals surface area contributed by atoms with Crippen LogP contribution in [0.3, 0.4) is 0 Å². The highest BCUT2D eigenvalue weighted by molar-refractivity contribution is 5.90. The van der Waals surface area contributed by atoms with Crippen molar-refractivity contribution in [1.29, 1.82) is 0 Å². The Kier molecular flexibility index (Phi) is 3.60.